The molecule has 0 radical (unpaired) electrons. The molecule has 1 unspecified atom stereocenters. The molecule has 10 aromatic rings. The molecule has 1 spiro atoms. The highest BCUT2D eigenvalue weighted by molar-refractivity contribution is 6.13. The summed E-state index contributed by atoms with van der Waals surface area (Å²) in [4.78, 5) is 0. The molecule has 0 aliphatic carbocycles. The summed E-state index contributed by atoms with van der Waals surface area (Å²) < 4.78 is 12.0. The zero-order valence-corrected chi connectivity index (χ0v) is 30.0. The molecule has 0 N–H and O–H groups in total. The first-order valence-electron chi connectivity index (χ1n) is 18.8. The maximum Gasteiger partial charge on any atom is 0.134 e. The normalized spacial score (nSPS) is 15.4. The standard InChI is InChI=1S/C51H34N2O/c1-31-14-3-4-15-34(31)38-28-33(27-26-32(38)2)52-44-22-9-6-17-36(44)39-29-43-49(30-47(39)52)54-48-25-12-8-20-41(48)51(43)40-19-7-11-24-46(40)53-45-23-10-5-16-35(45)37-18-13-21-42(51)50(37)53/h3-30H,1-2H3. The Labute approximate surface area is 312 Å². The Morgan fingerprint density at radius 2 is 1.06 bits per heavy atom. The number of ether oxygens (including phenoxy) is 1. The molecule has 3 nitrogen and oxygen atoms in total. The third-order valence-corrected chi connectivity index (χ3v) is 12.3. The van der Waals surface area contributed by atoms with Crippen molar-refractivity contribution in [2.75, 3.05) is 0 Å². The van der Waals surface area contributed by atoms with Crippen molar-refractivity contribution in [1.82, 2.24) is 9.13 Å². The van der Waals surface area contributed by atoms with Gasteiger partial charge in [-0.15, -0.1) is 0 Å². The third-order valence-electron chi connectivity index (χ3n) is 12.3. The van der Waals surface area contributed by atoms with Gasteiger partial charge in [0.05, 0.1) is 33.2 Å². The zero-order valence-electron chi connectivity index (χ0n) is 30.0. The topological polar surface area (TPSA) is 19.1 Å². The van der Waals surface area contributed by atoms with Gasteiger partial charge in [-0.25, -0.2) is 0 Å². The fourth-order valence-corrected chi connectivity index (χ4v) is 9.98. The Hall–Kier alpha value is -6.84. The minimum Gasteiger partial charge on any atom is -0.457 e. The van der Waals surface area contributed by atoms with E-state index in [1.54, 1.807) is 0 Å². The number of para-hydroxylation sites is 5. The Morgan fingerprint density at radius 1 is 0.407 bits per heavy atom. The van der Waals surface area contributed by atoms with E-state index in [9.17, 15) is 0 Å². The van der Waals surface area contributed by atoms with E-state index in [0.29, 0.717) is 0 Å². The molecule has 1 atom stereocenters. The average Bonchev–Trinajstić information content (AvgIpc) is 3.72. The first kappa shape index (κ1) is 29.7. The van der Waals surface area contributed by atoms with Gasteiger partial charge in [-0.05, 0) is 89.7 Å². The van der Waals surface area contributed by atoms with Crippen molar-refractivity contribution in [2.24, 2.45) is 0 Å². The largest absolute Gasteiger partial charge is 0.457 e. The molecule has 2 aliphatic heterocycles. The minimum atomic E-state index is -0.621. The molecule has 54 heavy (non-hydrogen) atoms. The van der Waals surface area contributed by atoms with Gasteiger partial charge >= 0.3 is 0 Å². The van der Waals surface area contributed by atoms with Crippen LogP contribution in [-0.4, -0.2) is 9.13 Å². The Kier molecular flexibility index (Phi) is 5.84. The quantitative estimate of drug-likeness (QED) is 0.177. The molecule has 254 valence electrons. The fraction of sp³-hybridized carbons (Fsp3) is 0.0588. The third kappa shape index (κ3) is 3.66. The average molecular weight is 691 g/mol. The molecule has 0 bridgehead atoms. The number of hydrogen-bond acceptors (Lipinski definition) is 1. The lowest BCUT2D eigenvalue weighted by atomic mass is 9.61. The van der Waals surface area contributed by atoms with Crippen LogP contribution in [-0.2, 0) is 5.41 Å². The molecule has 0 saturated heterocycles. The molecule has 12 rings (SSSR count). The predicted molar refractivity (Wildman–Crippen MR) is 222 cm³/mol. The van der Waals surface area contributed by atoms with Crippen LogP contribution in [0.25, 0.3) is 66.1 Å². The monoisotopic (exact) mass is 690 g/mol. The summed E-state index contributed by atoms with van der Waals surface area (Å²) in [6.45, 7) is 4.41. The van der Waals surface area contributed by atoms with Crippen molar-refractivity contribution in [2.45, 2.75) is 19.3 Å². The molecule has 2 aliphatic rings. The van der Waals surface area contributed by atoms with Gasteiger partial charge in [-0.2, -0.15) is 0 Å². The predicted octanol–water partition coefficient (Wildman–Crippen LogP) is 13.0. The van der Waals surface area contributed by atoms with Crippen LogP contribution < -0.4 is 4.74 Å². The van der Waals surface area contributed by atoms with Gasteiger partial charge in [0, 0.05) is 44.4 Å². The molecule has 2 aromatic heterocycles. The van der Waals surface area contributed by atoms with Crippen molar-refractivity contribution in [3.63, 3.8) is 0 Å². The van der Waals surface area contributed by atoms with Crippen molar-refractivity contribution in [1.29, 1.82) is 0 Å². The first-order chi connectivity index (χ1) is 26.6. The number of hydrogen-bond donors (Lipinski definition) is 0. The summed E-state index contributed by atoms with van der Waals surface area (Å²) in [6.07, 6.45) is 0. The number of aromatic nitrogens is 2. The van der Waals surface area contributed by atoms with Crippen LogP contribution in [0.3, 0.4) is 0 Å². The van der Waals surface area contributed by atoms with E-state index in [1.807, 2.05) is 0 Å². The van der Waals surface area contributed by atoms with Gasteiger partial charge < -0.3 is 13.9 Å². The second-order valence-electron chi connectivity index (χ2n) is 15.0. The number of rotatable bonds is 2. The van der Waals surface area contributed by atoms with Crippen molar-refractivity contribution < 1.29 is 4.74 Å². The van der Waals surface area contributed by atoms with Gasteiger partial charge in [0.1, 0.15) is 11.5 Å². The molecule has 4 heterocycles. The molecular formula is C51H34N2O. The lowest BCUT2D eigenvalue weighted by molar-refractivity contribution is 0.435. The number of aryl methyl sites for hydroxylation is 2. The molecule has 3 heteroatoms. The summed E-state index contributed by atoms with van der Waals surface area (Å²) in [5.74, 6) is 1.77. The van der Waals surface area contributed by atoms with Gasteiger partial charge in [-0.3, -0.25) is 0 Å². The summed E-state index contributed by atoms with van der Waals surface area (Å²) in [5.41, 5.74) is 16.4. The minimum absolute atomic E-state index is 0.621. The van der Waals surface area contributed by atoms with E-state index in [0.717, 1.165) is 28.3 Å². The van der Waals surface area contributed by atoms with Crippen LogP contribution in [0.1, 0.15) is 33.4 Å². The number of fused-ring (bicyclic) bond motifs is 14. The van der Waals surface area contributed by atoms with Crippen LogP contribution in [0.4, 0.5) is 0 Å². The highest BCUT2D eigenvalue weighted by Gasteiger charge is 2.50. The van der Waals surface area contributed by atoms with Gasteiger partial charge in [-0.1, -0.05) is 121 Å². The van der Waals surface area contributed by atoms with Gasteiger partial charge in [0.2, 0.25) is 0 Å². The maximum atomic E-state index is 7.07. The SMILES string of the molecule is Cc1ccccc1-c1cc(-n2c3ccccc3c3cc4c(cc32)Oc2ccccc2C42c3ccccc3-n3c4ccccc4c4cccc2c43)ccc1C. The highest BCUT2D eigenvalue weighted by atomic mass is 16.5. The van der Waals surface area contributed by atoms with Gasteiger partial charge in [0.15, 0.2) is 0 Å². The lowest BCUT2D eigenvalue weighted by Gasteiger charge is -2.45. The van der Waals surface area contributed by atoms with Crippen LogP contribution in [0, 0.1) is 13.8 Å². The summed E-state index contributed by atoms with van der Waals surface area (Å²) in [5, 5.41) is 4.96. The summed E-state index contributed by atoms with van der Waals surface area (Å²) in [7, 11) is 0. The Morgan fingerprint density at radius 3 is 1.91 bits per heavy atom. The second-order valence-corrected chi connectivity index (χ2v) is 15.0. The van der Waals surface area contributed by atoms with E-state index in [2.05, 4.69) is 193 Å². The van der Waals surface area contributed by atoms with Crippen molar-refractivity contribution in [3.8, 4) is 34.0 Å². The highest BCUT2D eigenvalue weighted by Crippen LogP contribution is 2.61. The first-order valence-corrected chi connectivity index (χ1v) is 18.8. The Balaban J connectivity index is 1.22. The van der Waals surface area contributed by atoms with Gasteiger partial charge in [0.25, 0.3) is 0 Å². The van der Waals surface area contributed by atoms with Crippen LogP contribution in [0.2, 0.25) is 0 Å². The van der Waals surface area contributed by atoms with E-state index in [1.165, 1.54) is 82.7 Å². The number of nitrogens with zero attached hydrogens (tertiary/aromatic N) is 2. The maximum absolute atomic E-state index is 7.07. The second kappa shape index (κ2) is 10.6. The smallest absolute Gasteiger partial charge is 0.134 e. The summed E-state index contributed by atoms with van der Waals surface area (Å²) in [6, 6.07) is 62.6. The van der Waals surface area contributed by atoms with E-state index in [4.69, 9.17) is 4.74 Å². The number of benzene rings is 8. The van der Waals surface area contributed by atoms with Crippen LogP contribution in [0.15, 0.2) is 170 Å². The van der Waals surface area contributed by atoms with E-state index in [-0.39, 0.29) is 0 Å². The Bertz CT molecular complexity index is 3230. The van der Waals surface area contributed by atoms with E-state index >= 15 is 0 Å². The van der Waals surface area contributed by atoms with Crippen molar-refractivity contribution in [3.05, 3.63) is 203 Å². The molecule has 0 fully saturated rings. The van der Waals surface area contributed by atoms with Crippen LogP contribution >= 0.6 is 0 Å². The summed E-state index contributed by atoms with van der Waals surface area (Å²) >= 11 is 0. The molecular weight excluding hydrogens is 657 g/mol. The zero-order chi connectivity index (χ0) is 35.7. The molecule has 0 amide bonds. The lowest BCUT2D eigenvalue weighted by Crippen LogP contribution is -2.37. The van der Waals surface area contributed by atoms with Crippen LogP contribution in [0.5, 0.6) is 11.5 Å². The fourth-order valence-electron chi connectivity index (χ4n) is 9.98. The van der Waals surface area contributed by atoms with E-state index < -0.39 is 5.41 Å². The molecule has 8 aromatic carbocycles. The van der Waals surface area contributed by atoms with Crippen molar-refractivity contribution >= 4 is 43.6 Å². The molecule has 0 saturated carbocycles.